The first-order valence-corrected chi connectivity index (χ1v) is 6.30. The number of rotatable bonds is 6. The van der Waals surface area contributed by atoms with Gasteiger partial charge in [-0.05, 0) is 31.2 Å². The van der Waals surface area contributed by atoms with E-state index in [1.54, 1.807) is 6.92 Å². The molecule has 8 nitrogen and oxygen atoms in total. The molecule has 0 aliphatic carbocycles. The van der Waals surface area contributed by atoms with Crippen LogP contribution in [0.4, 0.5) is 4.79 Å². The van der Waals surface area contributed by atoms with Gasteiger partial charge < -0.3 is 14.2 Å². The van der Waals surface area contributed by atoms with E-state index in [0.29, 0.717) is 11.3 Å². The van der Waals surface area contributed by atoms with Crippen LogP contribution in [0.25, 0.3) is 0 Å². The molecule has 0 spiro atoms. The Labute approximate surface area is 126 Å². The van der Waals surface area contributed by atoms with Gasteiger partial charge >= 0.3 is 12.1 Å². The quantitative estimate of drug-likeness (QED) is 0.771. The fourth-order valence-corrected chi connectivity index (χ4v) is 1.27. The Bertz CT molecular complexity index is 576. The zero-order valence-electron chi connectivity index (χ0n) is 11.8. The van der Waals surface area contributed by atoms with Crippen LogP contribution in [0.2, 0.25) is 0 Å². The van der Waals surface area contributed by atoms with Gasteiger partial charge in [-0.2, -0.15) is 5.26 Å². The third-order valence-electron chi connectivity index (χ3n) is 2.22. The Kier molecular flexibility index (Phi) is 6.92. The van der Waals surface area contributed by atoms with Crippen LogP contribution in [0, 0.1) is 11.3 Å². The Morgan fingerprint density at radius 2 is 1.82 bits per heavy atom. The largest absolute Gasteiger partial charge is 0.482 e. The molecule has 0 radical (unpaired) electrons. The molecule has 22 heavy (non-hydrogen) atoms. The molecule has 116 valence electrons. The SMILES string of the molecule is CCOC(=O)NC(=O)COC(=O)COc1ccc(C#N)cc1. The molecule has 0 heterocycles. The van der Waals surface area contributed by atoms with Gasteiger partial charge in [-0.3, -0.25) is 10.1 Å². The van der Waals surface area contributed by atoms with Crippen molar-refractivity contribution in [3.8, 4) is 11.8 Å². The molecule has 1 aromatic carbocycles. The summed E-state index contributed by atoms with van der Waals surface area (Å²) >= 11 is 0. The number of ether oxygens (including phenoxy) is 3. The van der Waals surface area contributed by atoms with E-state index in [2.05, 4.69) is 9.47 Å². The molecule has 0 saturated heterocycles. The van der Waals surface area contributed by atoms with Crippen molar-refractivity contribution in [2.75, 3.05) is 19.8 Å². The van der Waals surface area contributed by atoms with E-state index < -0.39 is 31.2 Å². The molecule has 0 aromatic heterocycles. The highest BCUT2D eigenvalue weighted by molar-refractivity contribution is 5.93. The predicted octanol–water partition coefficient (Wildman–Crippen LogP) is 0.753. The van der Waals surface area contributed by atoms with Crippen LogP contribution in [0.3, 0.4) is 0 Å². The van der Waals surface area contributed by atoms with Gasteiger partial charge in [0.25, 0.3) is 5.91 Å². The van der Waals surface area contributed by atoms with Crippen molar-refractivity contribution >= 4 is 18.0 Å². The van der Waals surface area contributed by atoms with E-state index >= 15 is 0 Å². The minimum atomic E-state index is -0.905. The van der Waals surface area contributed by atoms with Crippen molar-refractivity contribution in [3.63, 3.8) is 0 Å². The van der Waals surface area contributed by atoms with Gasteiger partial charge in [0.05, 0.1) is 18.2 Å². The summed E-state index contributed by atoms with van der Waals surface area (Å²) in [6, 6.07) is 8.07. The molecular weight excluding hydrogens is 292 g/mol. The lowest BCUT2D eigenvalue weighted by Gasteiger charge is -2.07. The van der Waals surface area contributed by atoms with E-state index in [4.69, 9.17) is 10.00 Å². The molecule has 1 aromatic rings. The van der Waals surface area contributed by atoms with Gasteiger partial charge in [0.15, 0.2) is 13.2 Å². The van der Waals surface area contributed by atoms with Crippen LogP contribution in [-0.4, -0.2) is 37.8 Å². The van der Waals surface area contributed by atoms with Gasteiger partial charge in [0, 0.05) is 0 Å². The minimum Gasteiger partial charge on any atom is -0.482 e. The zero-order valence-corrected chi connectivity index (χ0v) is 11.8. The molecule has 0 atom stereocenters. The Morgan fingerprint density at radius 3 is 2.41 bits per heavy atom. The van der Waals surface area contributed by atoms with Crippen molar-refractivity contribution in [3.05, 3.63) is 29.8 Å². The number of esters is 1. The van der Waals surface area contributed by atoms with Crippen LogP contribution in [0.5, 0.6) is 5.75 Å². The predicted molar refractivity (Wildman–Crippen MR) is 72.8 cm³/mol. The summed E-state index contributed by atoms with van der Waals surface area (Å²) in [4.78, 5) is 33.5. The van der Waals surface area contributed by atoms with E-state index in [1.165, 1.54) is 24.3 Å². The maximum absolute atomic E-state index is 11.4. The number of benzene rings is 1. The number of imide groups is 1. The average Bonchev–Trinajstić information content (AvgIpc) is 2.51. The number of carbonyl (C=O) groups is 3. The topological polar surface area (TPSA) is 115 Å². The summed E-state index contributed by atoms with van der Waals surface area (Å²) in [7, 11) is 0. The summed E-state index contributed by atoms with van der Waals surface area (Å²) in [5, 5.41) is 10.5. The van der Waals surface area contributed by atoms with Crippen LogP contribution < -0.4 is 10.1 Å². The highest BCUT2D eigenvalue weighted by Crippen LogP contribution is 2.11. The summed E-state index contributed by atoms with van der Waals surface area (Å²) in [6.07, 6.45) is -0.905. The molecule has 0 fully saturated rings. The van der Waals surface area contributed by atoms with Gasteiger partial charge in [0.2, 0.25) is 0 Å². The van der Waals surface area contributed by atoms with Crippen molar-refractivity contribution in [2.45, 2.75) is 6.92 Å². The molecule has 0 bridgehead atoms. The summed E-state index contributed by atoms with van der Waals surface area (Å²) in [5.74, 6) is -1.19. The highest BCUT2D eigenvalue weighted by atomic mass is 16.6. The Hall–Kier alpha value is -3.08. The number of carbonyl (C=O) groups excluding carboxylic acids is 3. The lowest BCUT2D eigenvalue weighted by molar-refractivity contribution is -0.150. The monoisotopic (exact) mass is 306 g/mol. The molecular formula is C14H14N2O6. The minimum absolute atomic E-state index is 0.122. The Balaban J connectivity index is 2.27. The first-order chi connectivity index (χ1) is 10.5. The van der Waals surface area contributed by atoms with Crippen LogP contribution in [-0.2, 0) is 19.1 Å². The van der Waals surface area contributed by atoms with Gasteiger partial charge in [-0.1, -0.05) is 0 Å². The fraction of sp³-hybridized carbons (Fsp3) is 0.286. The number of amides is 2. The first-order valence-electron chi connectivity index (χ1n) is 6.30. The van der Waals surface area contributed by atoms with Crippen LogP contribution in [0.15, 0.2) is 24.3 Å². The molecule has 1 N–H and O–H groups in total. The number of hydrogen-bond acceptors (Lipinski definition) is 7. The maximum atomic E-state index is 11.4. The van der Waals surface area contributed by atoms with Crippen molar-refractivity contribution in [1.82, 2.24) is 5.32 Å². The number of alkyl carbamates (subject to hydrolysis) is 1. The smallest absolute Gasteiger partial charge is 0.413 e. The van der Waals surface area contributed by atoms with Crippen molar-refractivity contribution in [1.29, 1.82) is 5.26 Å². The fourth-order valence-electron chi connectivity index (χ4n) is 1.27. The third-order valence-corrected chi connectivity index (χ3v) is 2.22. The molecule has 0 unspecified atom stereocenters. The first kappa shape index (κ1) is 17.0. The Morgan fingerprint density at radius 1 is 1.14 bits per heavy atom. The van der Waals surface area contributed by atoms with Crippen molar-refractivity contribution < 1.29 is 28.6 Å². The second-order valence-electron chi connectivity index (χ2n) is 3.85. The van der Waals surface area contributed by atoms with E-state index in [-0.39, 0.29) is 6.61 Å². The molecule has 0 saturated carbocycles. The lowest BCUT2D eigenvalue weighted by atomic mass is 10.2. The molecule has 8 heteroatoms. The number of hydrogen-bond donors (Lipinski definition) is 1. The normalized spacial score (nSPS) is 9.27. The number of nitrogens with one attached hydrogen (secondary N) is 1. The maximum Gasteiger partial charge on any atom is 0.413 e. The molecule has 0 aliphatic rings. The van der Waals surface area contributed by atoms with Gasteiger partial charge in [-0.25, -0.2) is 9.59 Å². The second kappa shape index (κ2) is 8.97. The van der Waals surface area contributed by atoms with E-state index in [1.807, 2.05) is 11.4 Å². The molecule has 1 rings (SSSR count). The summed E-state index contributed by atoms with van der Waals surface area (Å²) in [6.45, 7) is 0.689. The van der Waals surface area contributed by atoms with E-state index in [0.717, 1.165) is 0 Å². The lowest BCUT2D eigenvalue weighted by Crippen LogP contribution is -2.35. The third kappa shape index (κ3) is 6.38. The standard InChI is InChI=1S/C14H14N2O6/c1-2-20-14(19)16-12(17)8-22-13(18)9-21-11-5-3-10(7-15)4-6-11/h3-6H,2,8-9H2,1H3,(H,16,17,19). The second-order valence-corrected chi connectivity index (χ2v) is 3.85. The highest BCUT2D eigenvalue weighted by Gasteiger charge is 2.11. The summed E-state index contributed by atoms with van der Waals surface area (Å²) in [5.41, 5.74) is 0.463. The van der Waals surface area contributed by atoms with Crippen molar-refractivity contribution in [2.24, 2.45) is 0 Å². The average molecular weight is 306 g/mol. The number of nitrogens with zero attached hydrogens (tertiary/aromatic N) is 1. The molecule has 0 aliphatic heterocycles. The van der Waals surface area contributed by atoms with Gasteiger partial charge in [-0.15, -0.1) is 0 Å². The van der Waals surface area contributed by atoms with Crippen LogP contribution in [0.1, 0.15) is 12.5 Å². The number of nitriles is 1. The van der Waals surface area contributed by atoms with Gasteiger partial charge in [0.1, 0.15) is 5.75 Å². The zero-order chi connectivity index (χ0) is 16.4. The molecule has 2 amide bonds. The van der Waals surface area contributed by atoms with Crippen LogP contribution >= 0.6 is 0 Å². The van der Waals surface area contributed by atoms with E-state index in [9.17, 15) is 14.4 Å². The summed E-state index contributed by atoms with van der Waals surface area (Å²) < 4.78 is 14.2.